The monoisotopic (exact) mass is 449 g/mol. The number of esters is 1. The number of hydrogen-bond acceptors (Lipinski definition) is 5. The van der Waals surface area contributed by atoms with Crippen LogP contribution in [0.15, 0.2) is 59.2 Å². The van der Waals surface area contributed by atoms with Gasteiger partial charge in [-0.15, -0.1) is 0 Å². The van der Waals surface area contributed by atoms with Crippen molar-refractivity contribution in [3.63, 3.8) is 0 Å². The number of carbonyl (C=O) groups excluding carboxylic acids is 1. The third kappa shape index (κ3) is 8.08. The topological polar surface area (TPSA) is 57.1 Å². The third-order valence-corrected chi connectivity index (χ3v) is 5.44. The Balaban J connectivity index is 1.52. The molecule has 0 aliphatic carbocycles. The lowest BCUT2D eigenvalue weighted by Crippen LogP contribution is -2.05. The summed E-state index contributed by atoms with van der Waals surface area (Å²) in [7, 11) is 0. The third-order valence-electron chi connectivity index (χ3n) is 5.44. The summed E-state index contributed by atoms with van der Waals surface area (Å²) < 4.78 is 16.9. The second kappa shape index (κ2) is 13.5. The Bertz CT molecular complexity index is 929. The summed E-state index contributed by atoms with van der Waals surface area (Å²) in [6, 6.07) is 15.1. The Labute approximate surface area is 197 Å². The van der Waals surface area contributed by atoms with Crippen LogP contribution in [0.3, 0.4) is 0 Å². The number of carbonyl (C=O) groups is 1. The van der Waals surface area contributed by atoms with Crippen molar-refractivity contribution >= 4 is 17.9 Å². The maximum atomic E-state index is 12.3. The van der Waals surface area contributed by atoms with E-state index < -0.39 is 5.97 Å². The van der Waals surface area contributed by atoms with Crippen LogP contribution in [0.1, 0.15) is 76.3 Å². The van der Waals surface area contributed by atoms with Gasteiger partial charge < -0.3 is 14.2 Å². The predicted molar refractivity (Wildman–Crippen MR) is 133 cm³/mol. The maximum absolute atomic E-state index is 12.3. The molecule has 0 spiro atoms. The van der Waals surface area contributed by atoms with Gasteiger partial charge in [0.2, 0.25) is 5.90 Å². The fourth-order valence-corrected chi connectivity index (χ4v) is 3.45. The number of aliphatic imine (C=N–C) groups is 1. The highest BCUT2D eigenvalue weighted by Gasteiger charge is 2.24. The van der Waals surface area contributed by atoms with Crippen LogP contribution in [-0.2, 0) is 9.53 Å². The van der Waals surface area contributed by atoms with Crippen LogP contribution in [0, 0.1) is 0 Å². The van der Waals surface area contributed by atoms with E-state index in [9.17, 15) is 4.79 Å². The number of cyclic esters (lactones) is 1. The lowest BCUT2D eigenvalue weighted by molar-refractivity contribution is -0.129. The van der Waals surface area contributed by atoms with Gasteiger partial charge in [0.1, 0.15) is 11.5 Å². The fourth-order valence-electron chi connectivity index (χ4n) is 3.45. The summed E-state index contributed by atoms with van der Waals surface area (Å²) >= 11 is 0. The lowest BCUT2D eigenvalue weighted by atomic mass is 10.1. The van der Waals surface area contributed by atoms with Crippen molar-refractivity contribution in [3.05, 3.63) is 65.4 Å². The number of hydrogen-bond donors (Lipinski definition) is 0. The van der Waals surface area contributed by atoms with Gasteiger partial charge in [-0.2, -0.15) is 0 Å². The zero-order valence-corrected chi connectivity index (χ0v) is 19.8. The van der Waals surface area contributed by atoms with E-state index in [-0.39, 0.29) is 5.70 Å². The van der Waals surface area contributed by atoms with Crippen LogP contribution < -0.4 is 9.47 Å². The Morgan fingerprint density at radius 1 is 0.758 bits per heavy atom. The molecule has 3 rings (SSSR count). The van der Waals surface area contributed by atoms with Crippen LogP contribution in [0.5, 0.6) is 11.5 Å². The van der Waals surface area contributed by atoms with Crippen molar-refractivity contribution in [2.24, 2.45) is 4.99 Å². The molecule has 0 bridgehead atoms. The molecule has 0 fully saturated rings. The normalized spacial score (nSPS) is 14.3. The number of unbranched alkanes of at least 4 members (excludes halogenated alkanes) is 6. The van der Waals surface area contributed by atoms with Gasteiger partial charge in [0, 0.05) is 5.56 Å². The minimum Gasteiger partial charge on any atom is -0.494 e. The second-order valence-corrected chi connectivity index (χ2v) is 8.25. The van der Waals surface area contributed by atoms with Gasteiger partial charge in [-0.05, 0) is 60.9 Å². The zero-order chi connectivity index (χ0) is 23.3. The molecule has 0 amide bonds. The minimum absolute atomic E-state index is 0.286. The van der Waals surface area contributed by atoms with E-state index in [4.69, 9.17) is 14.2 Å². The molecule has 0 aromatic heterocycles. The second-order valence-electron chi connectivity index (χ2n) is 8.25. The van der Waals surface area contributed by atoms with E-state index in [1.165, 1.54) is 32.1 Å². The van der Waals surface area contributed by atoms with Crippen LogP contribution in [0.2, 0.25) is 0 Å². The van der Waals surface area contributed by atoms with Gasteiger partial charge in [0.15, 0.2) is 5.70 Å². The number of rotatable bonds is 14. The van der Waals surface area contributed by atoms with Gasteiger partial charge in [0.05, 0.1) is 13.2 Å². The smallest absolute Gasteiger partial charge is 0.363 e. The fraction of sp³-hybridized carbons (Fsp3) is 0.429. The molecule has 1 aliphatic heterocycles. The zero-order valence-electron chi connectivity index (χ0n) is 19.8. The molecule has 176 valence electrons. The average Bonchev–Trinajstić information content (AvgIpc) is 3.20. The molecule has 2 aromatic rings. The van der Waals surface area contributed by atoms with Crippen molar-refractivity contribution in [1.29, 1.82) is 0 Å². The molecule has 2 aromatic carbocycles. The molecule has 5 heteroatoms. The minimum atomic E-state index is -0.448. The van der Waals surface area contributed by atoms with Crippen molar-refractivity contribution in [1.82, 2.24) is 0 Å². The number of benzene rings is 2. The molecule has 0 radical (unpaired) electrons. The molecule has 1 heterocycles. The van der Waals surface area contributed by atoms with Crippen molar-refractivity contribution in [3.8, 4) is 11.5 Å². The highest BCUT2D eigenvalue weighted by molar-refractivity contribution is 6.12. The molecule has 0 N–H and O–H groups in total. The summed E-state index contributed by atoms with van der Waals surface area (Å²) in [6.07, 6.45) is 11.3. The molecule has 0 unspecified atom stereocenters. The van der Waals surface area contributed by atoms with E-state index in [1.54, 1.807) is 6.08 Å². The Morgan fingerprint density at radius 2 is 1.33 bits per heavy atom. The summed E-state index contributed by atoms with van der Waals surface area (Å²) in [4.78, 5) is 16.7. The first-order chi connectivity index (χ1) is 16.2. The highest BCUT2D eigenvalue weighted by atomic mass is 16.6. The first-order valence-corrected chi connectivity index (χ1v) is 12.2. The largest absolute Gasteiger partial charge is 0.494 e. The Kier molecular flexibility index (Phi) is 10.0. The first-order valence-electron chi connectivity index (χ1n) is 12.2. The summed E-state index contributed by atoms with van der Waals surface area (Å²) in [5.74, 6) is 1.50. The molecular formula is C28H35NO4. The van der Waals surface area contributed by atoms with Gasteiger partial charge in [-0.25, -0.2) is 9.79 Å². The lowest BCUT2D eigenvalue weighted by Gasteiger charge is -2.06. The van der Waals surface area contributed by atoms with Crippen LogP contribution in [-0.4, -0.2) is 25.1 Å². The van der Waals surface area contributed by atoms with Crippen LogP contribution >= 0.6 is 0 Å². The molecule has 33 heavy (non-hydrogen) atoms. The van der Waals surface area contributed by atoms with Crippen LogP contribution in [0.25, 0.3) is 6.08 Å². The number of ether oxygens (including phenoxy) is 3. The summed E-state index contributed by atoms with van der Waals surface area (Å²) in [5.41, 5.74) is 1.90. The average molecular weight is 450 g/mol. The van der Waals surface area contributed by atoms with E-state index in [2.05, 4.69) is 18.8 Å². The summed E-state index contributed by atoms with van der Waals surface area (Å²) in [5, 5.41) is 0. The SMILES string of the molecule is CCCCCCCCOc1ccc(/C=C2\N=C(c3ccc(OCCCC)cc3)OC2=O)cc1. The molecule has 0 atom stereocenters. The summed E-state index contributed by atoms with van der Waals surface area (Å²) in [6.45, 7) is 5.78. The Morgan fingerprint density at radius 3 is 2.00 bits per heavy atom. The quantitative estimate of drug-likeness (QED) is 0.178. The van der Waals surface area contributed by atoms with Gasteiger partial charge in [-0.1, -0.05) is 64.5 Å². The molecular weight excluding hydrogens is 414 g/mol. The molecule has 0 saturated heterocycles. The molecule has 5 nitrogen and oxygen atoms in total. The first kappa shape index (κ1) is 24.6. The van der Waals surface area contributed by atoms with Gasteiger partial charge in [0.25, 0.3) is 0 Å². The van der Waals surface area contributed by atoms with E-state index >= 15 is 0 Å². The molecule has 0 saturated carbocycles. The standard InChI is InChI=1S/C28H35NO4/c1-3-5-7-8-9-10-20-32-24-15-11-22(12-16-24)21-26-28(30)33-27(29-26)23-13-17-25(18-14-23)31-19-6-4-2/h11-18,21H,3-10,19-20H2,1-2H3/b26-21-. The van der Waals surface area contributed by atoms with Crippen LogP contribution in [0.4, 0.5) is 0 Å². The maximum Gasteiger partial charge on any atom is 0.363 e. The van der Waals surface area contributed by atoms with E-state index in [0.29, 0.717) is 12.5 Å². The van der Waals surface area contributed by atoms with Crippen molar-refractivity contribution in [2.45, 2.75) is 65.2 Å². The van der Waals surface area contributed by atoms with E-state index in [0.717, 1.165) is 48.5 Å². The van der Waals surface area contributed by atoms with E-state index in [1.807, 2.05) is 48.5 Å². The van der Waals surface area contributed by atoms with Crippen molar-refractivity contribution < 1.29 is 19.0 Å². The van der Waals surface area contributed by atoms with Gasteiger partial charge in [-0.3, -0.25) is 0 Å². The van der Waals surface area contributed by atoms with Crippen molar-refractivity contribution in [2.75, 3.05) is 13.2 Å². The number of nitrogens with zero attached hydrogens (tertiary/aromatic N) is 1. The van der Waals surface area contributed by atoms with Gasteiger partial charge >= 0.3 is 5.97 Å². The highest BCUT2D eigenvalue weighted by Crippen LogP contribution is 2.22. The molecule has 1 aliphatic rings. The predicted octanol–water partition coefficient (Wildman–Crippen LogP) is 6.95. The Hall–Kier alpha value is -3.08.